The zero-order chi connectivity index (χ0) is 77.0. The number of likely N-dealkylation sites (N-methyl/N-ethyl adjacent to an activating group) is 1. The second kappa shape index (κ2) is 34.7. The van der Waals surface area contributed by atoms with Crippen LogP contribution in [-0.2, 0) is 86.8 Å². The predicted octanol–water partition coefficient (Wildman–Crippen LogP) is 4.95. The molecule has 9 N–H and O–H groups in total. The fourth-order valence-corrected chi connectivity index (χ4v) is 13.7. The Kier molecular flexibility index (Phi) is 24.9. The molecule has 29 nitrogen and oxygen atoms in total. The quantitative estimate of drug-likeness (QED) is 0.0618. The maximum atomic E-state index is 15.2. The lowest BCUT2D eigenvalue weighted by Crippen LogP contribution is -2.59. The first-order valence-corrected chi connectivity index (χ1v) is 36.6. The zero-order valence-corrected chi connectivity index (χ0v) is 61.6. The number of rotatable bonds is 16. The number of carboxylic acids is 2. The Bertz CT molecular complexity index is 4310. The van der Waals surface area contributed by atoms with Crippen LogP contribution in [-0.4, -0.2) is 184 Å². The Hall–Kier alpha value is -11.6. The summed E-state index contributed by atoms with van der Waals surface area (Å²) in [6, 6.07) is 26.9. The summed E-state index contributed by atoms with van der Waals surface area (Å²) in [6.07, 6.45) is 3.11. The van der Waals surface area contributed by atoms with Crippen molar-refractivity contribution >= 4 is 80.7 Å². The molecule has 0 aliphatic carbocycles. The standard InChI is InChI=1S/C79H93N15O14/c1-9-46(6)70(95)85-68(44(2)3)76(101)91-40-58-36-66(91)74(99)81-62(34-50-18-24-52-14-10-12-16-54(52)30-50)72(97)83-64(78(103)104)32-48-22-28-61(29-23-48)108-43-57-39-94(90-88-57)59-37-67(92(41-59)77(102)69(45(4)5)86-71(96)47(7)80-8)75(100)82-63(35-51-19-25-53-15-11-13-17-55(53)31-51)73(98)84-65(79(105)106)33-49-20-26-60(27-21-49)107-42-56-38-93(58)89-87-56/h10-31,38-39,44-47,58-59,62-69,80H,9,32-37,40-43H2,1-8H3,(H,81,99)(H,82,100)(H,83,97)(H,84,98)(H,85,95)(H,86,96)(H,103,104)(H,105,106)/t46-,47+,58+,59+,62+,63+,64+,65+,66+,67+,68+,69+/m1/s1. The van der Waals surface area contributed by atoms with E-state index in [2.05, 4.69) is 57.8 Å². The molecule has 8 aromatic rings. The van der Waals surface area contributed by atoms with Crippen LogP contribution in [0.25, 0.3) is 21.5 Å². The van der Waals surface area contributed by atoms with Crippen LogP contribution < -0.4 is 46.7 Å². The Morgan fingerprint density at radius 2 is 0.917 bits per heavy atom. The van der Waals surface area contributed by atoms with E-state index in [1.165, 1.54) is 19.2 Å². The number of carbonyl (C=O) groups excluding carboxylic acids is 8. The van der Waals surface area contributed by atoms with Crippen LogP contribution in [0.15, 0.2) is 146 Å². The van der Waals surface area contributed by atoms with E-state index in [1.807, 2.05) is 91.9 Å². The summed E-state index contributed by atoms with van der Waals surface area (Å²) in [5.74, 6) is -8.30. The number of amides is 8. The van der Waals surface area contributed by atoms with E-state index < -0.39 is 138 Å². The molecule has 108 heavy (non-hydrogen) atoms. The highest BCUT2D eigenvalue weighted by atomic mass is 16.5. The summed E-state index contributed by atoms with van der Waals surface area (Å²) in [5.41, 5.74) is 2.98. The molecule has 2 fully saturated rings. The lowest BCUT2D eigenvalue weighted by atomic mass is 9.99. The van der Waals surface area contributed by atoms with Gasteiger partial charge in [-0.2, -0.15) is 0 Å². The highest BCUT2D eigenvalue weighted by Gasteiger charge is 2.47. The molecular weight excluding hydrogens is 1380 g/mol. The summed E-state index contributed by atoms with van der Waals surface area (Å²) in [7, 11) is 1.61. The molecule has 0 spiro atoms. The molecule has 2 saturated heterocycles. The van der Waals surface area contributed by atoms with Crippen LogP contribution in [0.1, 0.15) is 113 Å². The second-order valence-corrected chi connectivity index (χ2v) is 28.9. The van der Waals surface area contributed by atoms with Gasteiger partial charge in [0.2, 0.25) is 47.3 Å². The number of fused-ring (bicyclic) bond motifs is 2. The lowest BCUT2D eigenvalue weighted by Gasteiger charge is -2.32. The number of aromatic nitrogens is 6. The van der Waals surface area contributed by atoms with E-state index >= 15 is 19.2 Å². The average Bonchev–Trinajstić information content (AvgIpc) is 1.64. The summed E-state index contributed by atoms with van der Waals surface area (Å²) in [4.78, 5) is 146. The molecular formula is C79H93N15O14. The summed E-state index contributed by atoms with van der Waals surface area (Å²) in [6.45, 7) is 12.0. The molecule has 0 radical (unpaired) electrons. The third kappa shape index (κ3) is 19.0. The minimum atomic E-state index is -1.51. The van der Waals surface area contributed by atoms with Crippen LogP contribution in [0.5, 0.6) is 11.5 Å². The van der Waals surface area contributed by atoms with E-state index in [4.69, 9.17) is 9.47 Å². The Morgan fingerprint density at radius 3 is 1.30 bits per heavy atom. The first-order valence-electron chi connectivity index (χ1n) is 36.6. The van der Waals surface area contributed by atoms with E-state index in [0.717, 1.165) is 21.5 Å². The molecule has 8 amide bonds. The Morgan fingerprint density at radius 1 is 0.519 bits per heavy atom. The first-order chi connectivity index (χ1) is 51.8. The van der Waals surface area contributed by atoms with Gasteiger partial charge in [0.25, 0.3) is 0 Å². The van der Waals surface area contributed by atoms with Crippen molar-refractivity contribution < 1.29 is 67.6 Å². The normalized spacial score (nSPS) is 21.6. The van der Waals surface area contributed by atoms with Crippen molar-refractivity contribution in [3.05, 3.63) is 179 Å². The van der Waals surface area contributed by atoms with Gasteiger partial charge in [-0.3, -0.25) is 38.4 Å². The minimum Gasteiger partial charge on any atom is -0.487 e. The van der Waals surface area contributed by atoms with Gasteiger partial charge in [0.1, 0.15) is 84.4 Å². The van der Waals surface area contributed by atoms with Crippen LogP contribution in [0.4, 0.5) is 0 Å². The number of carbonyl (C=O) groups is 10. The molecule has 12 atom stereocenters. The largest absolute Gasteiger partial charge is 0.487 e. The fourth-order valence-electron chi connectivity index (χ4n) is 13.7. The number of aliphatic carboxylic acids is 2. The van der Waals surface area contributed by atoms with Gasteiger partial charge in [0.05, 0.1) is 30.5 Å². The Balaban J connectivity index is 0.913. The number of benzene rings is 6. The average molecular weight is 1480 g/mol. The number of nitrogens with one attached hydrogen (secondary N) is 7. The number of likely N-dealkylation sites (tertiary alicyclic amines) is 2. The van der Waals surface area contributed by atoms with Gasteiger partial charge in [0, 0.05) is 57.5 Å². The molecule has 29 heteroatoms. The van der Waals surface area contributed by atoms with Gasteiger partial charge in [0.15, 0.2) is 0 Å². The minimum absolute atomic E-state index is 0.0205. The second-order valence-electron chi connectivity index (χ2n) is 28.9. The van der Waals surface area contributed by atoms with Gasteiger partial charge in [-0.15, -0.1) is 10.2 Å². The third-order valence-electron chi connectivity index (χ3n) is 20.4. The summed E-state index contributed by atoms with van der Waals surface area (Å²) < 4.78 is 15.4. The van der Waals surface area contributed by atoms with E-state index in [9.17, 15) is 39.0 Å². The van der Waals surface area contributed by atoms with E-state index in [-0.39, 0.29) is 70.7 Å². The number of nitrogens with zero attached hydrogens (tertiary/aromatic N) is 8. The van der Waals surface area contributed by atoms with Crippen molar-refractivity contribution in [3.63, 3.8) is 0 Å². The molecule has 568 valence electrons. The van der Waals surface area contributed by atoms with Crippen molar-refractivity contribution in [2.45, 2.75) is 173 Å². The van der Waals surface area contributed by atoms with Crippen molar-refractivity contribution in [3.8, 4) is 11.5 Å². The van der Waals surface area contributed by atoms with Gasteiger partial charge < -0.3 is 66.7 Å². The molecule has 0 unspecified atom stereocenters. The fraction of sp³-hybridized carbons (Fsp3) is 0.418. The molecule has 6 aromatic carbocycles. The van der Waals surface area contributed by atoms with Gasteiger partial charge in [-0.1, -0.05) is 161 Å². The third-order valence-corrected chi connectivity index (χ3v) is 20.4. The molecule has 14 rings (SSSR count). The van der Waals surface area contributed by atoms with Crippen LogP contribution in [0.2, 0.25) is 0 Å². The zero-order valence-electron chi connectivity index (χ0n) is 61.6. The van der Waals surface area contributed by atoms with Crippen LogP contribution in [0.3, 0.4) is 0 Å². The number of hydrogen-bond donors (Lipinski definition) is 9. The number of hydrogen-bond acceptors (Lipinski definition) is 17. The number of carboxylic acid groups (broad SMARTS) is 2. The first kappa shape index (κ1) is 77.5. The number of ether oxygens (including phenoxy) is 2. The molecule has 6 aliphatic heterocycles. The van der Waals surface area contributed by atoms with Gasteiger partial charge >= 0.3 is 11.9 Å². The van der Waals surface area contributed by atoms with Crippen LogP contribution in [0, 0.1) is 17.8 Å². The molecule has 2 aromatic heterocycles. The molecule has 12 bridgehead atoms. The maximum absolute atomic E-state index is 15.2. The summed E-state index contributed by atoms with van der Waals surface area (Å²) >= 11 is 0. The topological polar surface area (TPSA) is 382 Å². The lowest BCUT2D eigenvalue weighted by molar-refractivity contribution is -0.144. The maximum Gasteiger partial charge on any atom is 0.326 e. The van der Waals surface area contributed by atoms with E-state index in [1.54, 1.807) is 110 Å². The monoisotopic (exact) mass is 1480 g/mol. The molecule has 0 saturated carbocycles. The SMILES string of the molecule is CC[C@@H](C)C(=O)N[C@H](C(=O)N1C[C@@H]2C[C@H]1C(=O)N[C@@H](Cc1ccc3ccccc3c1)C(=O)N[C@H](C(=O)O)Cc1ccc(cc1)OCc1cn(nn1)[C@H]1C[C@@H](C(=O)N[C@@H](Cc3ccc4ccccc4c3)C(=O)N[C@H](C(=O)O)Cc3ccc(cc3)OCc3cn2nn3)N(C(=O)[C@@H](NC(=O)[C@H](C)NC)C(C)C)C1)C(C)C. The molecule has 6 aliphatic rings. The van der Waals surface area contributed by atoms with Crippen molar-refractivity contribution in [2.75, 3.05) is 20.1 Å². The predicted molar refractivity (Wildman–Crippen MR) is 397 cm³/mol. The van der Waals surface area contributed by atoms with Gasteiger partial charge in [-0.05, 0) is 100 Å². The van der Waals surface area contributed by atoms with E-state index in [0.29, 0.717) is 51.6 Å². The van der Waals surface area contributed by atoms with Crippen LogP contribution >= 0.6 is 0 Å². The Labute approximate surface area is 624 Å². The van der Waals surface area contributed by atoms with Crippen molar-refractivity contribution in [1.29, 1.82) is 0 Å². The van der Waals surface area contributed by atoms with Crippen molar-refractivity contribution in [2.24, 2.45) is 17.8 Å². The summed E-state index contributed by atoms with van der Waals surface area (Å²) in [5, 5.41) is 62.5. The highest BCUT2D eigenvalue weighted by Crippen LogP contribution is 2.33. The highest BCUT2D eigenvalue weighted by molar-refractivity contribution is 5.98. The molecule has 8 heterocycles. The smallest absolute Gasteiger partial charge is 0.326 e. The van der Waals surface area contributed by atoms with Crippen molar-refractivity contribution in [1.82, 2.24) is 77.0 Å². The van der Waals surface area contributed by atoms with Gasteiger partial charge in [-0.25, -0.2) is 19.0 Å².